The van der Waals surface area contributed by atoms with Crippen molar-refractivity contribution in [2.45, 2.75) is 31.6 Å². The highest BCUT2D eigenvalue weighted by molar-refractivity contribution is 7.92. The Bertz CT molecular complexity index is 1300. The SMILES string of the molecule is CCCc1nnc2c(N(C)S(=O)(=O)c3ccc(OCC)cc3)nc3ccccc3n12. The number of hydrogen-bond donors (Lipinski definition) is 0. The van der Waals surface area contributed by atoms with Crippen molar-refractivity contribution < 1.29 is 13.2 Å². The molecule has 2 aromatic heterocycles. The number of nitrogens with zero attached hydrogens (tertiary/aromatic N) is 5. The summed E-state index contributed by atoms with van der Waals surface area (Å²) < 4.78 is 35.1. The van der Waals surface area contributed by atoms with Crippen molar-refractivity contribution in [2.24, 2.45) is 0 Å². The minimum atomic E-state index is -3.85. The van der Waals surface area contributed by atoms with Gasteiger partial charge in [0, 0.05) is 13.5 Å². The molecule has 0 aliphatic heterocycles. The summed E-state index contributed by atoms with van der Waals surface area (Å²) in [5.74, 6) is 1.63. The first kappa shape index (κ1) is 20.1. The van der Waals surface area contributed by atoms with Crippen LogP contribution in [0.5, 0.6) is 5.75 Å². The number of benzene rings is 2. The van der Waals surface area contributed by atoms with Crippen LogP contribution in [-0.4, -0.2) is 41.7 Å². The van der Waals surface area contributed by atoms with Crippen molar-refractivity contribution in [3.63, 3.8) is 0 Å². The summed E-state index contributed by atoms with van der Waals surface area (Å²) in [5.41, 5.74) is 1.93. The molecule has 0 amide bonds. The Morgan fingerprint density at radius 3 is 2.47 bits per heavy atom. The van der Waals surface area contributed by atoms with E-state index in [0.29, 0.717) is 23.5 Å². The third-order valence-corrected chi connectivity index (χ3v) is 6.61. The van der Waals surface area contributed by atoms with E-state index in [1.807, 2.05) is 35.6 Å². The molecule has 30 heavy (non-hydrogen) atoms. The fourth-order valence-corrected chi connectivity index (χ4v) is 4.52. The highest BCUT2D eigenvalue weighted by Crippen LogP contribution is 2.28. The Morgan fingerprint density at radius 2 is 1.77 bits per heavy atom. The van der Waals surface area contributed by atoms with Crippen LogP contribution >= 0.6 is 0 Å². The zero-order valence-corrected chi connectivity index (χ0v) is 17.9. The van der Waals surface area contributed by atoms with Gasteiger partial charge in [-0.15, -0.1) is 10.2 Å². The molecule has 0 spiro atoms. The van der Waals surface area contributed by atoms with Gasteiger partial charge in [0.05, 0.1) is 22.5 Å². The van der Waals surface area contributed by atoms with E-state index in [2.05, 4.69) is 22.1 Å². The highest BCUT2D eigenvalue weighted by atomic mass is 32.2. The number of rotatable bonds is 7. The van der Waals surface area contributed by atoms with Crippen molar-refractivity contribution >= 4 is 32.5 Å². The normalized spacial score (nSPS) is 11.8. The Balaban J connectivity index is 1.87. The molecule has 0 radical (unpaired) electrons. The number of anilines is 1. The summed E-state index contributed by atoms with van der Waals surface area (Å²) in [4.78, 5) is 4.76. The Labute approximate surface area is 175 Å². The Hall–Kier alpha value is -3.20. The maximum Gasteiger partial charge on any atom is 0.265 e. The van der Waals surface area contributed by atoms with Crippen LogP contribution < -0.4 is 9.04 Å². The van der Waals surface area contributed by atoms with E-state index >= 15 is 0 Å². The zero-order valence-electron chi connectivity index (χ0n) is 17.1. The van der Waals surface area contributed by atoms with Crippen molar-refractivity contribution in [3.05, 3.63) is 54.4 Å². The lowest BCUT2D eigenvalue weighted by Crippen LogP contribution is -2.28. The Kier molecular flexibility index (Phi) is 5.29. The summed E-state index contributed by atoms with van der Waals surface area (Å²) in [6.45, 7) is 4.45. The van der Waals surface area contributed by atoms with Gasteiger partial charge >= 0.3 is 0 Å². The topological polar surface area (TPSA) is 89.7 Å². The maximum absolute atomic E-state index is 13.3. The third-order valence-electron chi connectivity index (χ3n) is 4.84. The van der Waals surface area contributed by atoms with Crippen molar-refractivity contribution in [1.29, 1.82) is 0 Å². The molecular formula is C21H23N5O3S. The molecule has 0 bridgehead atoms. The molecule has 2 heterocycles. The number of fused-ring (bicyclic) bond motifs is 3. The molecule has 8 nitrogen and oxygen atoms in total. The lowest BCUT2D eigenvalue weighted by molar-refractivity contribution is 0.340. The summed E-state index contributed by atoms with van der Waals surface area (Å²) >= 11 is 0. The molecule has 0 aliphatic rings. The van der Waals surface area contributed by atoms with Gasteiger partial charge in [-0.2, -0.15) is 0 Å². The number of aromatic nitrogens is 4. The van der Waals surface area contributed by atoms with Gasteiger partial charge in [-0.3, -0.25) is 4.40 Å². The highest BCUT2D eigenvalue weighted by Gasteiger charge is 2.27. The molecule has 4 aromatic rings. The predicted molar refractivity (Wildman–Crippen MR) is 115 cm³/mol. The van der Waals surface area contributed by atoms with E-state index in [1.165, 1.54) is 19.2 Å². The summed E-state index contributed by atoms with van der Waals surface area (Å²) in [7, 11) is -2.37. The summed E-state index contributed by atoms with van der Waals surface area (Å²) in [5, 5.41) is 8.58. The van der Waals surface area contributed by atoms with Crippen LogP contribution in [0.15, 0.2) is 53.4 Å². The largest absolute Gasteiger partial charge is 0.494 e. The minimum absolute atomic E-state index is 0.148. The molecule has 0 unspecified atom stereocenters. The average Bonchev–Trinajstić information content (AvgIpc) is 3.18. The van der Waals surface area contributed by atoms with Crippen molar-refractivity contribution in [1.82, 2.24) is 19.6 Å². The van der Waals surface area contributed by atoms with E-state index < -0.39 is 10.0 Å². The van der Waals surface area contributed by atoms with Gasteiger partial charge in [0.25, 0.3) is 10.0 Å². The van der Waals surface area contributed by atoms with E-state index in [4.69, 9.17) is 4.74 Å². The van der Waals surface area contributed by atoms with E-state index in [9.17, 15) is 8.42 Å². The summed E-state index contributed by atoms with van der Waals surface area (Å²) in [6.07, 6.45) is 1.62. The second-order valence-corrected chi connectivity index (χ2v) is 8.80. The molecule has 0 aliphatic carbocycles. The molecule has 0 N–H and O–H groups in total. The van der Waals surface area contributed by atoms with Crippen molar-refractivity contribution in [3.8, 4) is 5.75 Å². The van der Waals surface area contributed by atoms with Gasteiger partial charge in [-0.25, -0.2) is 17.7 Å². The molecule has 0 fully saturated rings. The van der Waals surface area contributed by atoms with Gasteiger partial charge < -0.3 is 4.74 Å². The van der Waals surface area contributed by atoms with Crippen LogP contribution in [0.3, 0.4) is 0 Å². The van der Waals surface area contributed by atoms with E-state index in [1.54, 1.807) is 12.1 Å². The summed E-state index contributed by atoms with van der Waals surface area (Å²) in [6, 6.07) is 13.9. The number of para-hydroxylation sites is 2. The first-order valence-electron chi connectivity index (χ1n) is 9.82. The van der Waals surface area contributed by atoms with E-state index in [0.717, 1.165) is 28.5 Å². The lowest BCUT2D eigenvalue weighted by Gasteiger charge is -2.20. The lowest BCUT2D eigenvalue weighted by atomic mass is 10.2. The molecule has 0 saturated carbocycles. The molecule has 156 valence electrons. The number of ether oxygens (including phenoxy) is 1. The number of aryl methyl sites for hydroxylation is 1. The van der Waals surface area contributed by atoms with Crippen LogP contribution in [-0.2, 0) is 16.4 Å². The van der Waals surface area contributed by atoms with Crippen LogP contribution in [0, 0.1) is 0 Å². The first-order chi connectivity index (χ1) is 14.5. The fraction of sp³-hybridized carbons (Fsp3) is 0.286. The average molecular weight is 426 g/mol. The van der Waals surface area contributed by atoms with Crippen LogP contribution in [0.1, 0.15) is 26.1 Å². The van der Waals surface area contributed by atoms with Gasteiger partial charge in [0.1, 0.15) is 11.6 Å². The number of hydrogen-bond acceptors (Lipinski definition) is 6. The van der Waals surface area contributed by atoms with Crippen LogP contribution in [0.4, 0.5) is 5.82 Å². The molecular weight excluding hydrogens is 402 g/mol. The van der Waals surface area contributed by atoms with E-state index in [-0.39, 0.29) is 10.7 Å². The second-order valence-electron chi connectivity index (χ2n) is 6.83. The third kappa shape index (κ3) is 3.35. The smallest absolute Gasteiger partial charge is 0.265 e. The maximum atomic E-state index is 13.3. The molecule has 0 saturated heterocycles. The first-order valence-corrected chi connectivity index (χ1v) is 11.3. The minimum Gasteiger partial charge on any atom is -0.494 e. The Morgan fingerprint density at radius 1 is 1.03 bits per heavy atom. The van der Waals surface area contributed by atoms with Crippen LogP contribution in [0.2, 0.25) is 0 Å². The molecule has 0 atom stereocenters. The monoisotopic (exact) mass is 425 g/mol. The van der Waals surface area contributed by atoms with Crippen LogP contribution in [0.25, 0.3) is 16.7 Å². The molecule has 9 heteroatoms. The number of sulfonamides is 1. The second kappa shape index (κ2) is 7.91. The molecule has 4 rings (SSSR count). The van der Waals surface area contributed by atoms with Gasteiger partial charge in [-0.1, -0.05) is 19.1 Å². The zero-order chi connectivity index (χ0) is 21.3. The molecule has 2 aromatic carbocycles. The standard InChI is InChI=1S/C21H23N5O3S/c1-4-8-19-23-24-21-20(22-17-9-6-7-10-18(17)26(19)21)25(3)30(27,28)16-13-11-15(12-14-16)29-5-2/h6-7,9-14H,4-5,8H2,1-3H3. The quantitative estimate of drug-likeness (QED) is 0.450. The van der Waals surface area contributed by atoms with Gasteiger partial charge in [0.15, 0.2) is 5.82 Å². The fourth-order valence-electron chi connectivity index (χ4n) is 3.37. The predicted octanol–water partition coefficient (Wildman–Crippen LogP) is 3.45. The van der Waals surface area contributed by atoms with Gasteiger partial charge in [0.2, 0.25) is 5.65 Å². The van der Waals surface area contributed by atoms with Crippen molar-refractivity contribution in [2.75, 3.05) is 18.0 Å². The van der Waals surface area contributed by atoms with Gasteiger partial charge in [-0.05, 0) is 49.7 Å².